The first kappa shape index (κ1) is 13.0. The standard InChI is InChI=1S/C10H16N2O3S/c1-12(2)16(13,14)11-8-9-4-6-10(15-3)7-5-9/h4-7,11H,8H2,1-3H3. The molecule has 0 unspecified atom stereocenters. The van der Waals surface area contributed by atoms with Gasteiger partial charge in [0.15, 0.2) is 0 Å². The first-order valence-electron chi connectivity index (χ1n) is 4.76. The summed E-state index contributed by atoms with van der Waals surface area (Å²) in [5.41, 5.74) is 0.881. The Morgan fingerprint density at radius 3 is 2.25 bits per heavy atom. The van der Waals surface area contributed by atoms with Crippen molar-refractivity contribution in [2.75, 3.05) is 21.2 Å². The minimum atomic E-state index is -3.36. The SMILES string of the molecule is COc1ccc(CNS(=O)(=O)N(C)C)cc1. The summed E-state index contributed by atoms with van der Waals surface area (Å²) < 4.78 is 31.4. The summed E-state index contributed by atoms with van der Waals surface area (Å²) in [6.45, 7) is 0.268. The Balaban J connectivity index is 2.62. The molecule has 1 rings (SSSR count). The maximum Gasteiger partial charge on any atom is 0.279 e. The third-order valence-corrected chi connectivity index (χ3v) is 3.57. The van der Waals surface area contributed by atoms with Gasteiger partial charge in [0, 0.05) is 20.6 Å². The van der Waals surface area contributed by atoms with Crippen molar-refractivity contribution < 1.29 is 13.2 Å². The average molecular weight is 244 g/mol. The number of benzene rings is 1. The monoisotopic (exact) mass is 244 g/mol. The van der Waals surface area contributed by atoms with E-state index in [4.69, 9.17) is 4.74 Å². The highest BCUT2D eigenvalue weighted by atomic mass is 32.2. The molecule has 0 amide bonds. The van der Waals surface area contributed by atoms with Crippen LogP contribution in [0.25, 0.3) is 0 Å². The molecule has 0 spiro atoms. The molecule has 0 fully saturated rings. The molecule has 0 aliphatic rings. The fraction of sp³-hybridized carbons (Fsp3) is 0.400. The molecule has 0 atom stereocenters. The molecule has 5 nitrogen and oxygen atoms in total. The fourth-order valence-electron chi connectivity index (χ4n) is 1.05. The van der Waals surface area contributed by atoms with E-state index in [1.165, 1.54) is 14.1 Å². The first-order chi connectivity index (χ1) is 7.45. The lowest BCUT2D eigenvalue weighted by Gasteiger charge is -2.12. The van der Waals surface area contributed by atoms with Crippen molar-refractivity contribution in [3.8, 4) is 5.75 Å². The van der Waals surface area contributed by atoms with Crippen molar-refractivity contribution in [1.82, 2.24) is 9.03 Å². The van der Waals surface area contributed by atoms with Crippen molar-refractivity contribution in [3.05, 3.63) is 29.8 Å². The highest BCUT2D eigenvalue weighted by Gasteiger charge is 2.11. The summed E-state index contributed by atoms with van der Waals surface area (Å²) in [6.07, 6.45) is 0. The molecule has 0 bridgehead atoms. The molecular formula is C10H16N2O3S. The average Bonchev–Trinajstić information content (AvgIpc) is 2.27. The fourth-order valence-corrected chi connectivity index (χ4v) is 1.65. The molecule has 6 heteroatoms. The number of nitrogens with zero attached hydrogens (tertiary/aromatic N) is 1. The number of hydrogen-bond donors (Lipinski definition) is 1. The van der Waals surface area contributed by atoms with Gasteiger partial charge in [-0.25, -0.2) is 0 Å². The lowest BCUT2D eigenvalue weighted by atomic mass is 10.2. The van der Waals surface area contributed by atoms with Gasteiger partial charge in [0.05, 0.1) is 7.11 Å². The summed E-state index contributed by atoms with van der Waals surface area (Å²) in [5, 5.41) is 0. The number of methoxy groups -OCH3 is 1. The van der Waals surface area contributed by atoms with Crippen molar-refractivity contribution in [1.29, 1.82) is 0 Å². The van der Waals surface area contributed by atoms with E-state index in [1.54, 1.807) is 19.2 Å². The molecule has 0 radical (unpaired) electrons. The Morgan fingerprint density at radius 2 is 1.81 bits per heavy atom. The van der Waals surface area contributed by atoms with E-state index in [1.807, 2.05) is 12.1 Å². The van der Waals surface area contributed by atoms with Crippen molar-refractivity contribution in [3.63, 3.8) is 0 Å². The predicted molar refractivity (Wildman–Crippen MR) is 62.4 cm³/mol. The third-order valence-electron chi connectivity index (χ3n) is 2.10. The van der Waals surface area contributed by atoms with E-state index in [2.05, 4.69) is 4.72 Å². The van der Waals surface area contributed by atoms with Crippen LogP contribution in [-0.4, -0.2) is 33.9 Å². The summed E-state index contributed by atoms with van der Waals surface area (Å²) in [6, 6.07) is 7.21. The smallest absolute Gasteiger partial charge is 0.279 e. The molecular weight excluding hydrogens is 228 g/mol. The zero-order chi connectivity index (χ0) is 12.2. The lowest BCUT2D eigenvalue weighted by molar-refractivity contribution is 0.414. The van der Waals surface area contributed by atoms with Crippen LogP contribution in [0.1, 0.15) is 5.56 Å². The Hall–Kier alpha value is -1.11. The predicted octanol–water partition coefficient (Wildman–Crippen LogP) is 0.591. The van der Waals surface area contributed by atoms with Crippen LogP contribution in [0.4, 0.5) is 0 Å². The summed E-state index contributed by atoms with van der Waals surface area (Å²) >= 11 is 0. The van der Waals surface area contributed by atoms with Crippen LogP contribution in [0, 0.1) is 0 Å². The lowest BCUT2D eigenvalue weighted by Crippen LogP contribution is -2.35. The second kappa shape index (κ2) is 5.29. The molecule has 0 heterocycles. The van der Waals surface area contributed by atoms with Gasteiger partial charge in [0.2, 0.25) is 0 Å². The highest BCUT2D eigenvalue weighted by molar-refractivity contribution is 7.87. The van der Waals surface area contributed by atoms with E-state index < -0.39 is 10.2 Å². The largest absolute Gasteiger partial charge is 0.497 e. The zero-order valence-corrected chi connectivity index (χ0v) is 10.4. The number of rotatable bonds is 5. The number of ether oxygens (including phenoxy) is 1. The molecule has 0 aromatic heterocycles. The van der Waals surface area contributed by atoms with Crippen LogP contribution in [0.3, 0.4) is 0 Å². The molecule has 1 aromatic carbocycles. The van der Waals surface area contributed by atoms with E-state index >= 15 is 0 Å². The molecule has 16 heavy (non-hydrogen) atoms. The van der Waals surface area contributed by atoms with Gasteiger partial charge in [-0.1, -0.05) is 12.1 Å². The summed E-state index contributed by atoms with van der Waals surface area (Å²) in [4.78, 5) is 0. The molecule has 0 aliphatic carbocycles. The molecule has 1 aromatic rings. The van der Waals surface area contributed by atoms with Gasteiger partial charge < -0.3 is 4.74 Å². The second-order valence-corrected chi connectivity index (χ2v) is 5.43. The highest BCUT2D eigenvalue weighted by Crippen LogP contribution is 2.11. The molecule has 0 aliphatic heterocycles. The van der Waals surface area contributed by atoms with Gasteiger partial charge in [-0.05, 0) is 17.7 Å². The first-order valence-corrected chi connectivity index (χ1v) is 6.20. The number of nitrogens with one attached hydrogen (secondary N) is 1. The van der Waals surface area contributed by atoms with Crippen molar-refractivity contribution >= 4 is 10.2 Å². The van der Waals surface area contributed by atoms with Crippen LogP contribution < -0.4 is 9.46 Å². The number of hydrogen-bond acceptors (Lipinski definition) is 3. The van der Waals surface area contributed by atoms with Gasteiger partial charge in [-0.2, -0.15) is 17.4 Å². The minimum absolute atomic E-state index is 0.268. The van der Waals surface area contributed by atoms with Crippen LogP contribution in [0.2, 0.25) is 0 Å². The Labute approximate surface area is 96.2 Å². The van der Waals surface area contributed by atoms with Crippen molar-refractivity contribution in [2.45, 2.75) is 6.54 Å². The van der Waals surface area contributed by atoms with E-state index in [0.717, 1.165) is 15.6 Å². The topological polar surface area (TPSA) is 58.6 Å². The molecule has 1 N–H and O–H groups in total. The maximum absolute atomic E-state index is 11.4. The van der Waals surface area contributed by atoms with Crippen LogP contribution in [-0.2, 0) is 16.8 Å². The minimum Gasteiger partial charge on any atom is -0.497 e. The van der Waals surface area contributed by atoms with Gasteiger partial charge in [-0.15, -0.1) is 0 Å². The van der Waals surface area contributed by atoms with Crippen LogP contribution in [0.5, 0.6) is 5.75 Å². The normalized spacial score (nSPS) is 11.8. The molecule has 90 valence electrons. The maximum atomic E-state index is 11.4. The Morgan fingerprint density at radius 1 is 1.25 bits per heavy atom. The Bertz CT molecular complexity index is 426. The van der Waals surface area contributed by atoms with Crippen LogP contribution in [0.15, 0.2) is 24.3 Å². The van der Waals surface area contributed by atoms with Gasteiger partial charge in [0.1, 0.15) is 5.75 Å². The van der Waals surface area contributed by atoms with Crippen LogP contribution >= 0.6 is 0 Å². The zero-order valence-electron chi connectivity index (χ0n) is 9.60. The van der Waals surface area contributed by atoms with Gasteiger partial charge in [-0.3, -0.25) is 0 Å². The van der Waals surface area contributed by atoms with E-state index in [-0.39, 0.29) is 6.54 Å². The molecule has 0 saturated heterocycles. The van der Waals surface area contributed by atoms with E-state index in [9.17, 15) is 8.42 Å². The van der Waals surface area contributed by atoms with Gasteiger partial charge in [0.25, 0.3) is 10.2 Å². The third kappa shape index (κ3) is 3.48. The van der Waals surface area contributed by atoms with Crippen molar-refractivity contribution in [2.24, 2.45) is 0 Å². The summed E-state index contributed by atoms with van der Waals surface area (Å²) in [7, 11) is 1.19. The second-order valence-electron chi connectivity index (χ2n) is 3.46. The molecule has 0 saturated carbocycles. The van der Waals surface area contributed by atoms with Gasteiger partial charge >= 0.3 is 0 Å². The van der Waals surface area contributed by atoms with E-state index in [0.29, 0.717) is 0 Å². The Kier molecular flexibility index (Phi) is 4.28. The quantitative estimate of drug-likeness (QED) is 0.824. The summed E-state index contributed by atoms with van der Waals surface area (Å²) in [5.74, 6) is 0.749.